The van der Waals surface area contributed by atoms with E-state index >= 15 is 0 Å². The van der Waals surface area contributed by atoms with Crippen molar-refractivity contribution in [2.75, 3.05) is 33.2 Å². The number of fused-ring (bicyclic) bond motifs is 1. The second-order valence-corrected chi connectivity index (χ2v) is 6.89. The van der Waals surface area contributed by atoms with Crippen molar-refractivity contribution >= 4 is 40.0 Å². The van der Waals surface area contributed by atoms with Crippen molar-refractivity contribution in [2.45, 2.75) is 13.0 Å². The molecule has 0 fully saturated rings. The fourth-order valence-corrected chi connectivity index (χ4v) is 2.53. The van der Waals surface area contributed by atoms with Gasteiger partial charge in [-0.15, -0.1) is 24.0 Å². The molecule has 8 nitrogen and oxygen atoms in total. The monoisotopic (exact) mass is 470 g/mol. The highest BCUT2D eigenvalue weighted by molar-refractivity contribution is 14.0. The fourth-order valence-electron chi connectivity index (χ4n) is 2.01. The van der Waals surface area contributed by atoms with Gasteiger partial charge in [0.05, 0.1) is 6.26 Å². The van der Waals surface area contributed by atoms with E-state index in [1.54, 1.807) is 7.05 Å². The van der Waals surface area contributed by atoms with Crippen molar-refractivity contribution in [1.29, 1.82) is 0 Å². The quantitative estimate of drug-likeness (QED) is 0.234. The average Bonchev–Trinajstić information content (AvgIpc) is 2.96. The maximum atomic E-state index is 10.9. The molecule has 0 saturated heterocycles. The first-order chi connectivity index (χ1) is 11.0. The van der Waals surface area contributed by atoms with E-state index in [2.05, 4.69) is 20.3 Å². The van der Waals surface area contributed by atoms with Crippen LogP contribution in [0.2, 0.25) is 0 Å². The summed E-state index contributed by atoms with van der Waals surface area (Å²) in [5.41, 5.74) is 1.05. The van der Waals surface area contributed by atoms with Crippen LogP contribution in [0.5, 0.6) is 11.5 Å². The van der Waals surface area contributed by atoms with E-state index in [1.807, 2.05) is 18.2 Å². The van der Waals surface area contributed by atoms with Crippen LogP contribution in [0.1, 0.15) is 12.0 Å². The van der Waals surface area contributed by atoms with Gasteiger partial charge in [0, 0.05) is 26.7 Å². The highest BCUT2D eigenvalue weighted by Gasteiger charge is 2.13. The normalized spacial score (nSPS) is 13.3. The predicted molar refractivity (Wildman–Crippen MR) is 104 cm³/mol. The van der Waals surface area contributed by atoms with Gasteiger partial charge in [0.1, 0.15) is 0 Å². The van der Waals surface area contributed by atoms with E-state index in [0.29, 0.717) is 32.0 Å². The number of benzene rings is 1. The number of nitrogens with zero attached hydrogens (tertiary/aromatic N) is 1. The third kappa shape index (κ3) is 7.09. The molecule has 0 spiro atoms. The Hall–Kier alpha value is -1.27. The van der Waals surface area contributed by atoms with Crippen LogP contribution < -0.4 is 24.8 Å². The topological polar surface area (TPSA) is 101 Å². The van der Waals surface area contributed by atoms with Crippen LogP contribution in [0.4, 0.5) is 0 Å². The van der Waals surface area contributed by atoms with Gasteiger partial charge in [-0.1, -0.05) is 6.07 Å². The minimum Gasteiger partial charge on any atom is -0.454 e. The molecule has 0 unspecified atom stereocenters. The first kappa shape index (κ1) is 20.8. The molecule has 136 valence electrons. The van der Waals surface area contributed by atoms with E-state index < -0.39 is 10.0 Å². The van der Waals surface area contributed by atoms with Gasteiger partial charge in [0.2, 0.25) is 16.8 Å². The summed E-state index contributed by atoms with van der Waals surface area (Å²) in [5.74, 6) is 2.16. The Morgan fingerprint density at radius 2 is 1.96 bits per heavy atom. The number of hydrogen-bond acceptors (Lipinski definition) is 5. The summed E-state index contributed by atoms with van der Waals surface area (Å²) in [6.45, 7) is 1.86. The lowest BCUT2D eigenvalue weighted by Gasteiger charge is -2.12. The molecule has 24 heavy (non-hydrogen) atoms. The van der Waals surface area contributed by atoms with E-state index in [4.69, 9.17) is 9.47 Å². The Balaban J connectivity index is 0.00000288. The molecule has 1 heterocycles. The Bertz CT molecular complexity index is 667. The zero-order chi connectivity index (χ0) is 16.7. The number of guanidine groups is 1. The largest absolute Gasteiger partial charge is 0.454 e. The Morgan fingerprint density at radius 1 is 1.21 bits per heavy atom. The molecule has 1 aliphatic rings. The maximum Gasteiger partial charge on any atom is 0.231 e. The first-order valence-electron chi connectivity index (χ1n) is 7.25. The summed E-state index contributed by atoms with van der Waals surface area (Å²) < 4.78 is 34.9. The number of halogens is 1. The van der Waals surface area contributed by atoms with Crippen molar-refractivity contribution in [3.05, 3.63) is 23.8 Å². The van der Waals surface area contributed by atoms with Crippen LogP contribution in [-0.2, 0) is 16.6 Å². The summed E-state index contributed by atoms with van der Waals surface area (Å²) >= 11 is 0. The van der Waals surface area contributed by atoms with Gasteiger partial charge >= 0.3 is 0 Å². The summed E-state index contributed by atoms with van der Waals surface area (Å²) in [6.07, 6.45) is 1.81. The van der Waals surface area contributed by atoms with Gasteiger partial charge in [-0.25, -0.2) is 13.1 Å². The van der Waals surface area contributed by atoms with Crippen LogP contribution in [0.15, 0.2) is 23.2 Å². The van der Waals surface area contributed by atoms with Crippen molar-refractivity contribution in [3.8, 4) is 11.5 Å². The number of ether oxygens (including phenoxy) is 2. The summed E-state index contributed by atoms with van der Waals surface area (Å²) in [7, 11) is -1.44. The van der Waals surface area contributed by atoms with E-state index in [9.17, 15) is 8.42 Å². The molecule has 0 atom stereocenters. The average molecular weight is 470 g/mol. The van der Waals surface area contributed by atoms with Gasteiger partial charge in [-0.05, 0) is 24.1 Å². The molecule has 1 aromatic rings. The highest BCUT2D eigenvalue weighted by Crippen LogP contribution is 2.32. The number of nitrogens with one attached hydrogen (secondary N) is 3. The molecule has 0 amide bonds. The van der Waals surface area contributed by atoms with Gasteiger partial charge in [-0.3, -0.25) is 4.99 Å². The van der Waals surface area contributed by atoms with Crippen molar-refractivity contribution in [3.63, 3.8) is 0 Å². The lowest BCUT2D eigenvalue weighted by atomic mass is 10.2. The van der Waals surface area contributed by atoms with Crippen molar-refractivity contribution in [1.82, 2.24) is 15.4 Å². The lowest BCUT2D eigenvalue weighted by Crippen LogP contribution is -2.38. The molecule has 10 heteroatoms. The Labute approximate surface area is 159 Å². The zero-order valence-electron chi connectivity index (χ0n) is 13.7. The van der Waals surface area contributed by atoms with Crippen LogP contribution in [0.25, 0.3) is 0 Å². The van der Waals surface area contributed by atoms with Crippen LogP contribution in [0, 0.1) is 0 Å². The SMILES string of the molecule is CN=C(NCCCNS(C)(=O)=O)NCc1ccc2c(c1)OCO2.I. The molecule has 1 aromatic carbocycles. The molecule has 0 radical (unpaired) electrons. The highest BCUT2D eigenvalue weighted by atomic mass is 127. The number of hydrogen-bond donors (Lipinski definition) is 3. The smallest absolute Gasteiger partial charge is 0.231 e. The van der Waals surface area contributed by atoms with Crippen molar-refractivity contribution < 1.29 is 17.9 Å². The summed E-state index contributed by atoms with van der Waals surface area (Å²) in [4.78, 5) is 4.12. The molecule has 3 N–H and O–H groups in total. The summed E-state index contributed by atoms with van der Waals surface area (Å²) in [6, 6.07) is 5.77. The van der Waals surface area contributed by atoms with Crippen LogP contribution in [0.3, 0.4) is 0 Å². The van der Waals surface area contributed by atoms with Crippen LogP contribution >= 0.6 is 24.0 Å². The molecule has 0 aromatic heterocycles. The zero-order valence-corrected chi connectivity index (χ0v) is 16.8. The minimum atomic E-state index is -3.13. The molecule has 1 aliphatic heterocycles. The maximum absolute atomic E-state index is 10.9. The third-order valence-corrected chi connectivity index (χ3v) is 3.86. The van der Waals surface area contributed by atoms with Crippen LogP contribution in [-0.4, -0.2) is 47.6 Å². The third-order valence-electron chi connectivity index (χ3n) is 3.13. The molecular formula is C14H23IN4O4S. The number of rotatable bonds is 7. The Kier molecular flexibility index (Phi) is 8.56. The molecule has 0 bridgehead atoms. The van der Waals surface area contributed by atoms with E-state index in [0.717, 1.165) is 23.3 Å². The number of sulfonamides is 1. The molecule has 0 aliphatic carbocycles. The summed E-state index contributed by atoms with van der Waals surface area (Å²) in [5, 5.41) is 6.31. The molecular weight excluding hydrogens is 447 g/mol. The molecule has 0 saturated carbocycles. The fraction of sp³-hybridized carbons (Fsp3) is 0.500. The predicted octanol–water partition coefficient (Wildman–Crippen LogP) is 0.638. The van der Waals surface area contributed by atoms with Gasteiger partial charge < -0.3 is 20.1 Å². The lowest BCUT2D eigenvalue weighted by molar-refractivity contribution is 0.174. The number of aliphatic imine (C=N–C) groups is 1. The van der Waals surface area contributed by atoms with Gasteiger partial charge in [-0.2, -0.15) is 0 Å². The molecule has 2 rings (SSSR count). The van der Waals surface area contributed by atoms with E-state index in [-0.39, 0.29) is 30.8 Å². The Morgan fingerprint density at radius 3 is 2.67 bits per heavy atom. The standard InChI is InChI=1S/C14H22N4O4S.HI/c1-15-14(16-6-3-7-18-23(2,19)20)17-9-11-4-5-12-13(8-11)22-10-21-12;/h4-5,8,18H,3,6-7,9-10H2,1-2H3,(H2,15,16,17);1H. The second-order valence-electron chi connectivity index (χ2n) is 5.06. The van der Waals surface area contributed by atoms with Gasteiger partial charge in [0.25, 0.3) is 0 Å². The van der Waals surface area contributed by atoms with Gasteiger partial charge in [0.15, 0.2) is 17.5 Å². The first-order valence-corrected chi connectivity index (χ1v) is 9.15. The van der Waals surface area contributed by atoms with Crippen molar-refractivity contribution in [2.24, 2.45) is 4.99 Å². The van der Waals surface area contributed by atoms with E-state index in [1.165, 1.54) is 0 Å². The second kappa shape index (κ2) is 9.89. The minimum absolute atomic E-state index is 0.